The van der Waals surface area contributed by atoms with Crippen LogP contribution >= 0.6 is 12.2 Å². The van der Waals surface area contributed by atoms with Crippen LogP contribution in [0.25, 0.3) is 11.6 Å². The Hall–Kier alpha value is -2.45. The molecule has 0 spiro atoms. The highest BCUT2D eigenvalue weighted by atomic mass is 32.1. The van der Waals surface area contributed by atoms with Crippen molar-refractivity contribution in [1.29, 1.82) is 0 Å². The molecular weight excluding hydrogens is 365 g/mol. The normalized spacial score (nSPS) is 15.4. The van der Waals surface area contributed by atoms with E-state index in [1.807, 2.05) is 33.5 Å². The molecule has 0 unspecified atom stereocenters. The predicted molar refractivity (Wildman–Crippen MR) is 105 cm³/mol. The number of benzene rings is 1. The summed E-state index contributed by atoms with van der Waals surface area (Å²) in [6.45, 7) is 7.01. The van der Waals surface area contributed by atoms with Gasteiger partial charge in [0.2, 0.25) is 0 Å². The second kappa shape index (κ2) is 7.66. The van der Waals surface area contributed by atoms with E-state index in [-0.39, 0.29) is 5.82 Å². The van der Waals surface area contributed by atoms with Crippen LogP contribution in [-0.4, -0.2) is 45.4 Å². The Bertz CT molecular complexity index is 940. The minimum atomic E-state index is -0.203. The number of hydrogen-bond acceptors (Lipinski definition) is 5. The first kappa shape index (κ1) is 17.9. The van der Waals surface area contributed by atoms with Crippen molar-refractivity contribution in [3.8, 4) is 11.6 Å². The molecule has 0 radical (unpaired) electrons. The fourth-order valence-electron chi connectivity index (χ4n) is 3.40. The molecule has 0 aliphatic carbocycles. The lowest BCUT2D eigenvalue weighted by molar-refractivity contribution is 0.194. The van der Waals surface area contributed by atoms with Crippen molar-refractivity contribution < 1.29 is 8.81 Å². The Kier molecular flexibility index (Phi) is 5.09. The molecule has 1 aromatic carbocycles. The molecule has 27 heavy (non-hydrogen) atoms. The van der Waals surface area contributed by atoms with E-state index < -0.39 is 0 Å². The van der Waals surface area contributed by atoms with E-state index in [9.17, 15) is 4.39 Å². The average Bonchev–Trinajstić information content (AvgIpc) is 3.32. The summed E-state index contributed by atoms with van der Waals surface area (Å²) in [4.78, 5) is 4.60. The van der Waals surface area contributed by atoms with Crippen LogP contribution in [0.15, 0.2) is 47.1 Å². The van der Waals surface area contributed by atoms with Gasteiger partial charge >= 0.3 is 0 Å². The highest BCUT2D eigenvalue weighted by Gasteiger charge is 2.20. The van der Waals surface area contributed by atoms with Crippen molar-refractivity contribution in [2.45, 2.75) is 20.1 Å². The van der Waals surface area contributed by atoms with E-state index in [4.69, 9.17) is 16.6 Å². The second-order valence-electron chi connectivity index (χ2n) is 6.55. The summed E-state index contributed by atoms with van der Waals surface area (Å²) in [5.41, 5.74) is 1.06. The maximum Gasteiger partial charge on any atom is 0.199 e. The van der Waals surface area contributed by atoms with Crippen LogP contribution in [0.4, 0.5) is 10.1 Å². The molecule has 3 heterocycles. The van der Waals surface area contributed by atoms with Crippen molar-refractivity contribution in [1.82, 2.24) is 19.2 Å². The number of rotatable bonds is 5. The SMILES string of the molecule is CCn1c(-c2ccco2)nn(CN2CCN(c3ccc(F)cc3)CC2)c1=S. The molecule has 0 amide bonds. The van der Waals surface area contributed by atoms with Crippen molar-refractivity contribution in [2.75, 3.05) is 31.1 Å². The first-order valence-corrected chi connectivity index (χ1v) is 9.51. The third-order valence-electron chi connectivity index (χ3n) is 4.88. The van der Waals surface area contributed by atoms with Crippen LogP contribution in [-0.2, 0) is 13.2 Å². The van der Waals surface area contributed by atoms with Crippen LogP contribution in [0.1, 0.15) is 6.92 Å². The Morgan fingerprint density at radius 3 is 2.48 bits per heavy atom. The number of furan rings is 1. The fraction of sp³-hybridized carbons (Fsp3) is 0.368. The van der Waals surface area contributed by atoms with E-state index in [2.05, 4.69) is 21.8 Å². The Labute approximate surface area is 162 Å². The van der Waals surface area contributed by atoms with Crippen LogP contribution in [0.5, 0.6) is 0 Å². The molecule has 0 N–H and O–H groups in total. The van der Waals surface area contributed by atoms with Gasteiger partial charge in [-0.3, -0.25) is 9.47 Å². The molecule has 0 atom stereocenters. The number of piperazine rings is 1. The highest BCUT2D eigenvalue weighted by Crippen LogP contribution is 2.20. The minimum absolute atomic E-state index is 0.203. The van der Waals surface area contributed by atoms with E-state index in [1.165, 1.54) is 12.1 Å². The van der Waals surface area contributed by atoms with Gasteiger partial charge in [0, 0.05) is 38.4 Å². The average molecular weight is 387 g/mol. The Morgan fingerprint density at radius 1 is 1.11 bits per heavy atom. The van der Waals surface area contributed by atoms with Gasteiger partial charge in [-0.2, -0.15) is 0 Å². The molecular formula is C19H22FN5OS. The van der Waals surface area contributed by atoms with Gasteiger partial charge in [0.25, 0.3) is 0 Å². The molecule has 3 aromatic rings. The predicted octanol–water partition coefficient (Wildman–Crippen LogP) is 3.61. The van der Waals surface area contributed by atoms with Crippen LogP contribution in [0, 0.1) is 10.6 Å². The summed E-state index contributed by atoms with van der Waals surface area (Å²) >= 11 is 5.62. The molecule has 8 heteroatoms. The van der Waals surface area contributed by atoms with Crippen LogP contribution in [0.3, 0.4) is 0 Å². The lowest BCUT2D eigenvalue weighted by atomic mass is 10.2. The van der Waals surface area contributed by atoms with Gasteiger partial charge in [0.05, 0.1) is 12.9 Å². The molecule has 0 bridgehead atoms. The van der Waals surface area contributed by atoms with E-state index >= 15 is 0 Å². The van der Waals surface area contributed by atoms with Gasteiger partial charge in [0.1, 0.15) is 5.82 Å². The summed E-state index contributed by atoms with van der Waals surface area (Å²) in [6.07, 6.45) is 1.64. The van der Waals surface area contributed by atoms with Gasteiger partial charge in [-0.25, -0.2) is 9.07 Å². The summed E-state index contributed by atoms with van der Waals surface area (Å²) in [7, 11) is 0. The molecule has 1 aliphatic heterocycles. The van der Waals surface area contributed by atoms with Crippen molar-refractivity contribution in [3.05, 3.63) is 53.2 Å². The van der Waals surface area contributed by atoms with Gasteiger partial charge < -0.3 is 9.32 Å². The standard InChI is InChI=1S/C19H22FN5OS/c1-2-24-18(17-4-3-13-26-17)21-25(19(24)27)14-22-9-11-23(12-10-22)16-7-5-15(20)6-8-16/h3-8,13H,2,9-12,14H2,1H3. The minimum Gasteiger partial charge on any atom is -0.461 e. The van der Waals surface area contributed by atoms with E-state index in [0.717, 1.165) is 50.0 Å². The number of halogens is 1. The Balaban J connectivity index is 1.45. The number of hydrogen-bond donors (Lipinski definition) is 0. The molecule has 1 saturated heterocycles. The number of anilines is 1. The number of aromatic nitrogens is 3. The molecule has 6 nitrogen and oxygen atoms in total. The fourth-order valence-corrected chi connectivity index (χ4v) is 3.71. The lowest BCUT2D eigenvalue weighted by Gasteiger charge is -2.35. The molecule has 2 aromatic heterocycles. The summed E-state index contributed by atoms with van der Waals surface area (Å²) in [5, 5.41) is 4.69. The van der Waals surface area contributed by atoms with Crippen LogP contribution in [0.2, 0.25) is 0 Å². The van der Waals surface area contributed by atoms with Crippen molar-refractivity contribution >= 4 is 17.9 Å². The highest BCUT2D eigenvalue weighted by molar-refractivity contribution is 7.71. The smallest absolute Gasteiger partial charge is 0.199 e. The van der Waals surface area contributed by atoms with Crippen LogP contribution < -0.4 is 4.90 Å². The van der Waals surface area contributed by atoms with Crippen molar-refractivity contribution in [2.24, 2.45) is 0 Å². The topological polar surface area (TPSA) is 42.4 Å². The van der Waals surface area contributed by atoms with Gasteiger partial charge in [0.15, 0.2) is 16.4 Å². The van der Waals surface area contributed by atoms with Gasteiger partial charge in [-0.15, -0.1) is 5.10 Å². The zero-order chi connectivity index (χ0) is 18.8. The maximum atomic E-state index is 13.1. The Morgan fingerprint density at radius 2 is 1.85 bits per heavy atom. The zero-order valence-electron chi connectivity index (χ0n) is 15.2. The zero-order valence-corrected chi connectivity index (χ0v) is 16.0. The summed E-state index contributed by atoms with van der Waals surface area (Å²) in [5.74, 6) is 1.28. The molecule has 1 aliphatic rings. The number of nitrogens with zero attached hydrogens (tertiary/aromatic N) is 5. The summed E-state index contributed by atoms with van der Waals surface area (Å²) < 4.78 is 23.2. The molecule has 142 valence electrons. The summed E-state index contributed by atoms with van der Waals surface area (Å²) in [6, 6.07) is 10.4. The van der Waals surface area contributed by atoms with Crippen molar-refractivity contribution in [3.63, 3.8) is 0 Å². The monoisotopic (exact) mass is 387 g/mol. The lowest BCUT2D eigenvalue weighted by Crippen LogP contribution is -2.47. The largest absolute Gasteiger partial charge is 0.461 e. The first-order chi connectivity index (χ1) is 13.2. The molecule has 4 rings (SSSR count). The molecule has 1 fully saturated rings. The second-order valence-corrected chi connectivity index (χ2v) is 6.92. The van der Waals surface area contributed by atoms with Gasteiger partial charge in [-0.1, -0.05) is 0 Å². The van der Waals surface area contributed by atoms with E-state index in [0.29, 0.717) is 11.4 Å². The maximum absolute atomic E-state index is 13.1. The van der Waals surface area contributed by atoms with E-state index in [1.54, 1.807) is 6.26 Å². The quantitative estimate of drug-likeness (QED) is 0.626. The van der Waals surface area contributed by atoms with Gasteiger partial charge in [-0.05, 0) is 55.5 Å². The third kappa shape index (κ3) is 3.68. The third-order valence-corrected chi connectivity index (χ3v) is 5.31. The first-order valence-electron chi connectivity index (χ1n) is 9.10. The molecule has 0 saturated carbocycles.